The van der Waals surface area contributed by atoms with Crippen LogP contribution in [0.4, 0.5) is 4.79 Å². The summed E-state index contributed by atoms with van der Waals surface area (Å²) < 4.78 is 16.3. The Balaban J connectivity index is 1.49. The average molecular weight is 526 g/mol. The molecule has 38 heavy (non-hydrogen) atoms. The van der Waals surface area contributed by atoms with Crippen molar-refractivity contribution in [3.05, 3.63) is 59.7 Å². The molecule has 3 N–H and O–H groups in total. The van der Waals surface area contributed by atoms with Crippen LogP contribution >= 0.6 is 0 Å². The number of rotatable bonds is 9. The lowest BCUT2D eigenvalue weighted by atomic mass is 9.96. The normalized spacial score (nSPS) is 20.5. The van der Waals surface area contributed by atoms with Gasteiger partial charge in [-0.1, -0.05) is 50.2 Å². The molecule has 1 fully saturated rings. The molecule has 2 aromatic rings. The van der Waals surface area contributed by atoms with Crippen LogP contribution in [0.25, 0.3) is 0 Å². The first-order valence-corrected chi connectivity index (χ1v) is 13.2. The number of ether oxygens (including phenoxy) is 3. The number of aliphatic hydroxyl groups is 1. The fraction of sp³-hybridized carbons (Fsp3) is 0.517. The Hall–Kier alpha value is -3.30. The lowest BCUT2D eigenvalue weighted by molar-refractivity contribution is -0.132. The summed E-state index contributed by atoms with van der Waals surface area (Å²) in [6.07, 6.45) is -1.10. The van der Waals surface area contributed by atoms with Gasteiger partial charge in [0.15, 0.2) is 11.5 Å². The molecule has 4 atom stereocenters. The third-order valence-corrected chi connectivity index (χ3v) is 6.70. The van der Waals surface area contributed by atoms with Crippen molar-refractivity contribution in [2.75, 3.05) is 13.3 Å². The number of alkyl carbamates (subject to hydrolysis) is 1. The fourth-order valence-electron chi connectivity index (χ4n) is 4.87. The molecular formula is C29H39N3O6. The van der Waals surface area contributed by atoms with Gasteiger partial charge in [0.2, 0.25) is 12.7 Å². The maximum Gasteiger partial charge on any atom is 0.407 e. The zero-order valence-electron chi connectivity index (χ0n) is 22.8. The van der Waals surface area contributed by atoms with Gasteiger partial charge >= 0.3 is 6.09 Å². The van der Waals surface area contributed by atoms with Gasteiger partial charge in [-0.25, -0.2) is 4.79 Å². The van der Waals surface area contributed by atoms with Gasteiger partial charge in [-0.3, -0.25) is 10.1 Å². The number of hydrogen-bond donors (Lipinski definition) is 3. The third-order valence-electron chi connectivity index (χ3n) is 6.70. The van der Waals surface area contributed by atoms with Crippen molar-refractivity contribution in [1.29, 1.82) is 0 Å². The first kappa shape index (κ1) is 27.7. The van der Waals surface area contributed by atoms with Gasteiger partial charge in [-0.05, 0) is 62.8 Å². The van der Waals surface area contributed by atoms with Gasteiger partial charge in [-0.2, -0.15) is 0 Å². The van der Waals surface area contributed by atoms with Crippen molar-refractivity contribution in [3.8, 4) is 11.5 Å². The van der Waals surface area contributed by atoms with E-state index in [1.54, 1.807) is 25.7 Å². The summed E-state index contributed by atoms with van der Waals surface area (Å²) in [6, 6.07) is 13.7. The number of amides is 2. The summed E-state index contributed by atoms with van der Waals surface area (Å²) in [4.78, 5) is 28.1. The van der Waals surface area contributed by atoms with E-state index < -0.39 is 29.9 Å². The second kappa shape index (κ2) is 11.6. The van der Waals surface area contributed by atoms with Crippen LogP contribution in [-0.4, -0.2) is 65.3 Å². The molecule has 2 aliphatic heterocycles. The van der Waals surface area contributed by atoms with Crippen LogP contribution in [-0.2, 0) is 22.4 Å². The number of benzene rings is 2. The Morgan fingerprint density at radius 2 is 1.84 bits per heavy atom. The molecule has 0 aromatic heterocycles. The number of nitrogens with zero attached hydrogens (tertiary/aromatic N) is 1. The highest BCUT2D eigenvalue weighted by Crippen LogP contribution is 2.33. The van der Waals surface area contributed by atoms with Gasteiger partial charge in [0, 0.05) is 6.54 Å². The summed E-state index contributed by atoms with van der Waals surface area (Å²) in [5.41, 5.74) is 1.27. The van der Waals surface area contributed by atoms with Crippen molar-refractivity contribution in [3.63, 3.8) is 0 Å². The van der Waals surface area contributed by atoms with E-state index in [2.05, 4.69) is 10.6 Å². The van der Waals surface area contributed by atoms with Gasteiger partial charge in [0.1, 0.15) is 11.6 Å². The third kappa shape index (κ3) is 6.76. The molecule has 9 nitrogen and oxygen atoms in total. The highest BCUT2D eigenvalue weighted by molar-refractivity contribution is 5.85. The molecule has 2 amide bonds. The van der Waals surface area contributed by atoms with E-state index in [0.29, 0.717) is 25.1 Å². The SMILES string of the molecule is CC(C)C1N[C@@H]([C@H](O)[C@H](Cc2ccccc2)NC(=O)OC(C)(C)C)C(=O)N1CCc1ccc2c(c1)OCO2. The Bertz CT molecular complexity index is 1120. The largest absolute Gasteiger partial charge is 0.454 e. The number of carbonyl (C=O) groups is 2. The first-order valence-electron chi connectivity index (χ1n) is 13.2. The molecule has 2 heterocycles. The maximum absolute atomic E-state index is 13.7. The topological polar surface area (TPSA) is 109 Å². The van der Waals surface area contributed by atoms with Gasteiger partial charge in [-0.15, -0.1) is 0 Å². The van der Waals surface area contributed by atoms with E-state index in [1.165, 1.54) is 0 Å². The van der Waals surface area contributed by atoms with Crippen molar-refractivity contribution in [2.24, 2.45) is 5.92 Å². The van der Waals surface area contributed by atoms with Crippen LogP contribution < -0.4 is 20.1 Å². The van der Waals surface area contributed by atoms with E-state index in [-0.39, 0.29) is 24.8 Å². The lowest BCUT2D eigenvalue weighted by Gasteiger charge is -2.29. The second-order valence-corrected chi connectivity index (χ2v) is 11.2. The summed E-state index contributed by atoms with van der Waals surface area (Å²) in [5.74, 6) is 1.34. The zero-order valence-corrected chi connectivity index (χ0v) is 22.8. The van der Waals surface area contributed by atoms with E-state index in [4.69, 9.17) is 14.2 Å². The Morgan fingerprint density at radius 1 is 1.13 bits per heavy atom. The van der Waals surface area contributed by atoms with Crippen LogP contribution in [0.15, 0.2) is 48.5 Å². The van der Waals surface area contributed by atoms with E-state index in [1.807, 2.05) is 62.4 Å². The molecule has 1 unspecified atom stereocenters. The molecule has 0 bridgehead atoms. The number of nitrogens with one attached hydrogen (secondary N) is 2. The van der Waals surface area contributed by atoms with Crippen LogP contribution in [0, 0.1) is 5.92 Å². The zero-order chi connectivity index (χ0) is 27.4. The van der Waals surface area contributed by atoms with Crippen molar-refractivity contribution in [1.82, 2.24) is 15.5 Å². The summed E-state index contributed by atoms with van der Waals surface area (Å²) in [6.45, 7) is 10.1. The Labute approximate surface area is 224 Å². The number of fused-ring (bicyclic) bond motifs is 1. The highest BCUT2D eigenvalue weighted by atomic mass is 16.7. The minimum atomic E-state index is -1.17. The molecule has 206 valence electrons. The van der Waals surface area contributed by atoms with Crippen molar-refractivity contribution >= 4 is 12.0 Å². The molecule has 0 spiro atoms. The van der Waals surface area contributed by atoms with Crippen LogP contribution in [0.3, 0.4) is 0 Å². The quantitative estimate of drug-likeness (QED) is 0.461. The smallest absolute Gasteiger partial charge is 0.407 e. The first-order chi connectivity index (χ1) is 18.0. The molecule has 0 saturated carbocycles. The van der Waals surface area contributed by atoms with Crippen LogP contribution in [0.2, 0.25) is 0 Å². The molecular weight excluding hydrogens is 486 g/mol. The van der Waals surface area contributed by atoms with Gasteiger partial charge in [0.05, 0.1) is 18.3 Å². The average Bonchev–Trinajstić information content (AvgIpc) is 3.45. The minimum Gasteiger partial charge on any atom is -0.454 e. The molecule has 9 heteroatoms. The summed E-state index contributed by atoms with van der Waals surface area (Å²) in [7, 11) is 0. The molecule has 2 aliphatic rings. The van der Waals surface area contributed by atoms with Gasteiger partial charge in [0.25, 0.3) is 0 Å². The predicted octanol–water partition coefficient (Wildman–Crippen LogP) is 3.24. The molecule has 0 aliphatic carbocycles. The Kier molecular flexibility index (Phi) is 8.47. The number of hydrogen-bond acceptors (Lipinski definition) is 7. The van der Waals surface area contributed by atoms with Crippen LogP contribution in [0.5, 0.6) is 11.5 Å². The van der Waals surface area contributed by atoms with E-state index >= 15 is 0 Å². The van der Waals surface area contributed by atoms with E-state index in [0.717, 1.165) is 16.9 Å². The maximum atomic E-state index is 13.7. The number of carbonyl (C=O) groups excluding carboxylic acids is 2. The van der Waals surface area contributed by atoms with E-state index in [9.17, 15) is 14.7 Å². The summed E-state index contributed by atoms with van der Waals surface area (Å²) in [5, 5.41) is 17.6. The molecule has 1 saturated heterocycles. The highest BCUT2D eigenvalue weighted by Gasteiger charge is 2.46. The monoisotopic (exact) mass is 525 g/mol. The Morgan fingerprint density at radius 3 is 2.53 bits per heavy atom. The predicted molar refractivity (Wildman–Crippen MR) is 143 cm³/mol. The standard InChI is InChI=1S/C29H39N3O6/c1-18(2)26-31-24(27(34)32(26)14-13-20-11-12-22-23(16-20)37-17-36-22)25(33)21(15-19-9-7-6-8-10-19)30-28(35)38-29(3,4)5/h6-12,16,18,21,24-26,31,33H,13-15,17H2,1-5H3,(H,30,35)/t21-,24-,25+,26?/m0/s1. The minimum absolute atomic E-state index is 0.110. The molecule has 2 aromatic carbocycles. The summed E-state index contributed by atoms with van der Waals surface area (Å²) >= 11 is 0. The fourth-order valence-corrected chi connectivity index (χ4v) is 4.87. The van der Waals surface area contributed by atoms with Crippen molar-refractivity contribution in [2.45, 2.75) is 77.4 Å². The van der Waals surface area contributed by atoms with Crippen molar-refractivity contribution < 1.29 is 28.9 Å². The van der Waals surface area contributed by atoms with Crippen LogP contribution in [0.1, 0.15) is 45.7 Å². The molecule has 4 rings (SSSR count). The lowest BCUT2D eigenvalue weighted by Crippen LogP contribution is -2.55. The number of aliphatic hydroxyl groups excluding tert-OH is 1. The molecule has 0 radical (unpaired) electrons. The second-order valence-electron chi connectivity index (χ2n) is 11.2. The van der Waals surface area contributed by atoms with Gasteiger partial charge < -0.3 is 29.5 Å².